The number of hydrogen-bond acceptors (Lipinski definition) is 5. The average Bonchev–Trinajstić information content (AvgIpc) is 2.87. The van der Waals surface area contributed by atoms with E-state index >= 15 is 0 Å². The molecule has 0 bridgehead atoms. The number of rotatable bonds is 6. The Morgan fingerprint density at radius 3 is 2.68 bits per heavy atom. The highest BCUT2D eigenvalue weighted by Crippen LogP contribution is 2.21. The third kappa shape index (κ3) is 3.54. The van der Waals surface area contributed by atoms with Gasteiger partial charge in [-0.15, -0.1) is 0 Å². The maximum absolute atomic E-state index is 9.62. The summed E-state index contributed by atoms with van der Waals surface area (Å²) in [5.41, 5.74) is 0. The second kappa shape index (κ2) is 6.33. The summed E-state index contributed by atoms with van der Waals surface area (Å²) in [5, 5.41) is 13.5. The highest BCUT2D eigenvalue weighted by molar-refractivity contribution is 5.20. The van der Waals surface area contributed by atoms with Crippen molar-refractivity contribution in [2.24, 2.45) is 0 Å². The summed E-state index contributed by atoms with van der Waals surface area (Å²) in [6, 6.07) is 9.46. The van der Waals surface area contributed by atoms with E-state index in [9.17, 15) is 5.11 Å². The molecule has 2 aromatic rings. The summed E-state index contributed by atoms with van der Waals surface area (Å²) in [6.07, 6.45) is 0.243. The highest BCUT2D eigenvalue weighted by atomic mass is 16.5. The molecule has 1 heterocycles. The fourth-order valence-electron chi connectivity index (χ4n) is 1.86. The van der Waals surface area contributed by atoms with Crippen LogP contribution < -0.4 is 4.74 Å². The number of nitrogens with zero attached hydrogens (tertiary/aromatic N) is 2. The zero-order chi connectivity index (χ0) is 13.7. The minimum Gasteiger partial charge on any atom is -0.485 e. The number of aliphatic hydroxyl groups excluding tert-OH is 1. The van der Waals surface area contributed by atoms with Crippen LogP contribution in [0.25, 0.3) is 0 Å². The molecular weight excluding hydrogens is 244 g/mol. The quantitative estimate of drug-likeness (QED) is 0.866. The van der Waals surface area contributed by atoms with Gasteiger partial charge in [-0.1, -0.05) is 30.3 Å². The molecule has 0 aliphatic heterocycles. The average molecular weight is 262 g/mol. The fourth-order valence-corrected chi connectivity index (χ4v) is 1.86. The predicted molar refractivity (Wildman–Crippen MR) is 69.8 cm³/mol. The minimum atomic E-state index is -0.506. The summed E-state index contributed by atoms with van der Waals surface area (Å²) in [5.74, 6) is 1.58. The third-order valence-corrected chi connectivity index (χ3v) is 2.93. The second-order valence-electron chi connectivity index (χ2n) is 4.41. The van der Waals surface area contributed by atoms with E-state index in [4.69, 9.17) is 9.26 Å². The van der Waals surface area contributed by atoms with E-state index in [2.05, 4.69) is 10.1 Å². The van der Waals surface area contributed by atoms with Gasteiger partial charge in [0.1, 0.15) is 5.75 Å². The van der Waals surface area contributed by atoms with Gasteiger partial charge in [0.2, 0.25) is 11.7 Å². The molecule has 0 spiro atoms. The SMILES string of the molecule is CCC(c1nc(COc2ccccc2)no1)C(C)O. The number of hydrogen-bond donors (Lipinski definition) is 1. The molecule has 102 valence electrons. The van der Waals surface area contributed by atoms with Crippen LogP contribution >= 0.6 is 0 Å². The molecule has 1 N–H and O–H groups in total. The van der Waals surface area contributed by atoms with Crippen LogP contribution in [0.2, 0.25) is 0 Å². The lowest BCUT2D eigenvalue weighted by Gasteiger charge is -2.12. The van der Waals surface area contributed by atoms with E-state index in [0.29, 0.717) is 11.7 Å². The van der Waals surface area contributed by atoms with Gasteiger partial charge in [0.15, 0.2) is 6.61 Å². The summed E-state index contributed by atoms with van der Waals surface area (Å²) in [7, 11) is 0. The van der Waals surface area contributed by atoms with Crippen LogP contribution in [-0.2, 0) is 6.61 Å². The topological polar surface area (TPSA) is 68.4 Å². The van der Waals surface area contributed by atoms with Gasteiger partial charge in [0.25, 0.3) is 0 Å². The van der Waals surface area contributed by atoms with Crippen molar-refractivity contribution in [2.45, 2.75) is 38.9 Å². The molecule has 2 unspecified atom stereocenters. The smallest absolute Gasteiger partial charge is 0.232 e. The Bertz CT molecular complexity index is 496. The lowest BCUT2D eigenvalue weighted by molar-refractivity contribution is 0.141. The first kappa shape index (κ1) is 13.5. The first-order chi connectivity index (χ1) is 9.20. The van der Waals surface area contributed by atoms with E-state index in [1.54, 1.807) is 6.92 Å². The molecule has 0 aliphatic rings. The molecular formula is C14H18N2O3. The minimum absolute atomic E-state index is 0.127. The molecule has 19 heavy (non-hydrogen) atoms. The van der Waals surface area contributed by atoms with Crippen LogP contribution in [0, 0.1) is 0 Å². The molecule has 1 aromatic heterocycles. The van der Waals surface area contributed by atoms with Crippen LogP contribution in [0.1, 0.15) is 37.9 Å². The van der Waals surface area contributed by atoms with E-state index in [-0.39, 0.29) is 12.5 Å². The summed E-state index contributed by atoms with van der Waals surface area (Å²) < 4.78 is 10.7. The van der Waals surface area contributed by atoms with Gasteiger partial charge in [-0.2, -0.15) is 4.98 Å². The van der Waals surface area contributed by atoms with Crippen molar-refractivity contribution in [1.82, 2.24) is 10.1 Å². The molecule has 2 atom stereocenters. The van der Waals surface area contributed by atoms with Crippen LogP contribution in [-0.4, -0.2) is 21.4 Å². The lowest BCUT2D eigenvalue weighted by atomic mass is 10.0. The van der Waals surface area contributed by atoms with Crippen molar-refractivity contribution in [3.05, 3.63) is 42.0 Å². The zero-order valence-electron chi connectivity index (χ0n) is 11.1. The van der Waals surface area contributed by atoms with E-state index < -0.39 is 6.10 Å². The number of ether oxygens (including phenoxy) is 1. The molecule has 0 fully saturated rings. The molecule has 0 saturated heterocycles. The van der Waals surface area contributed by atoms with Crippen LogP contribution in [0.3, 0.4) is 0 Å². The van der Waals surface area contributed by atoms with Crippen molar-refractivity contribution >= 4 is 0 Å². The largest absolute Gasteiger partial charge is 0.485 e. The zero-order valence-corrected chi connectivity index (χ0v) is 11.1. The highest BCUT2D eigenvalue weighted by Gasteiger charge is 2.22. The lowest BCUT2D eigenvalue weighted by Crippen LogP contribution is -2.14. The molecule has 2 rings (SSSR count). The van der Waals surface area contributed by atoms with Gasteiger partial charge in [0, 0.05) is 0 Å². The Morgan fingerprint density at radius 2 is 2.05 bits per heavy atom. The standard InChI is InChI=1S/C14H18N2O3/c1-3-12(10(2)17)14-15-13(16-19-14)9-18-11-7-5-4-6-8-11/h4-8,10,12,17H,3,9H2,1-2H3. The van der Waals surface area contributed by atoms with Crippen LogP contribution in [0.5, 0.6) is 5.75 Å². The van der Waals surface area contributed by atoms with E-state index in [0.717, 1.165) is 12.2 Å². The van der Waals surface area contributed by atoms with Crippen molar-refractivity contribution in [1.29, 1.82) is 0 Å². The molecule has 0 radical (unpaired) electrons. The van der Waals surface area contributed by atoms with Gasteiger partial charge >= 0.3 is 0 Å². The fraction of sp³-hybridized carbons (Fsp3) is 0.429. The van der Waals surface area contributed by atoms with Crippen molar-refractivity contribution in [3.63, 3.8) is 0 Å². The Hall–Kier alpha value is -1.88. The number of aromatic nitrogens is 2. The molecule has 0 aliphatic carbocycles. The van der Waals surface area contributed by atoms with Crippen molar-refractivity contribution in [3.8, 4) is 5.75 Å². The van der Waals surface area contributed by atoms with Gasteiger partial charge < -0.3 is 14.4 Å². The third-order valence-electron chi connectivity index (χ3n) is 2.93. The predicted octanol–water partition coefficient (Wildman–Crippen LogP) is 2.52. The Labute approximate surface area is 112 Å². The Morgan fingerprint density at radius 1 is 1.32 bits per heavy atom. The molecule has 1 aromatic carbocycles. The van der Waals surface area contributed by atoms with Gasteiger partial charge in [-0.05, 0) is 25.5 Å². The molecule has 5 heteroatoms. The van der Waals surface area contributed by atoms with Gasteiger partial charge in [0.05, 0.1) is 12.0 Å². The van der Waals surface area contributed by atoms with Crippen molar-refractivity contribution < 1.29 is 14.4 Å². The summed E-state index contributed by atoms with van der Waals surface area (Å²) >= 11 is 0. The van der Waals surface area contributed by atoms with Crippen LogP contribution in [0.4, 0.5) is 0 Å². The van der Waals surface area contributed by atoms with Gasteiger partial charge in [-0.25, -0.2) is 0 Å². The van der Waals surface area contributed by atoms with E-state index in [1.165, 1.54) is 0 Å². The maximum Gasteiger partial charge on any atom is 0.232 e. The molecule has 0 amide bonds. The Kier molecular flexibility index (Phi) is 4.52. The maximum atomic E-state index is 9.62. The summed E-state index contributed by atoms with van der Waals surface area (Å²) in [4.78, 5) is 4.25. The van der Waals surface area contributed by atoms with E-state index in [1.807, 2.05) is 37.3 Å². The monoisotopic (exact) mass is 262 g/mol. The summed E-state index contributed by atoms with van der Waals surface area (Å²) in [6.45, 7) is 3.95. The normalized spacial score (nSPS) is 14.1. The Balaban J connectivity index is 1.97. The van der Waals surface area contributed by atoms with Gasteiger partial charge in [-0.3, -0.25) is 0 Å². The van der Waals surface area contributed by atoms with Crippen molar-refractivity contribution in [2.75, 3.05) is 0 Å². The molecule has 0 saturated carbocycles. The first-order valence-corrected chi connectivity index (χ1v) is 6.39. The first-order valence-electron chi connectivity index (χ1n) is 6.39. The number of benzene rings is 1. The van der Waals surface area contributed by atoms with Crippen LogP contribution in [0.15, 0.2) is 34.9 Å². The number of para-hydroxylation sites is 1. The second-order valence-corrected chi connectivity index (χ2v) is 4.41. The molecule has 5 nitrogen and oxygen atoms in total. The number of aliphatic hydroxyl groups is 1.